The average Bonchev–Trinajstić information content (AvgIpc) is 2.83. The van der Waals surface area contributed by atoms with Gasteiger partial charge in [-0.15, -0.1) is 0 Å². The summed E-state index contributed by atoms with van der Waals surface area (Å²) >= 11 is 16.2. The van der Waals surface area contributed by atoms with Crippen LogP contribution in [0.4, 0.5) is 14.6 Å². The number of aromatic nitrogens is 1. The Morgan fingerprint density at radius 1 is 1.24 bits per heavy atom. The van der Waals surface area contributed by atoms with Crippen LogP contribution in [0.3, 0.4) is 0 Å². The van der Waals surface area contributed by atoms with Crippen molar-refractivity contribution in [3.05, 3.63) is 67.6 Å². The molecule has 0 aliphatic carbocycles. The lowest BCUT2D eigenvalue weighted by Crippen LogP contribution is -2.43. The topological polar surface area (TPSA) is 82.5 Å². The molecular weight excluding hydrogens is 603 g/mol. The minimum absolute atomic E-state index is 0.0734. The predicted molar refractivity (Wildman–Crippen MR) is 149 cm³/mol. The smallest absolute Gasteiger partial charge is 0.303 e. The SMILES string of the molecule is Cc1c(N2CCCC(F)(F)C2)nc2ccc(Br)cc2c1C(=O)NCC(CCC(=O)O)c1c(Cl)cccc1Cl. The third kappa shape index (κ3) is 6.38. The lowest BCUT2D eigenvalue weighted by atomic mass is 9.93. The van der Waals surface area contributed by atoms with Gasteiger partial charge in [0.15, 0.2) is 0 Å². The van der Waals surface area contributed by atoms with Crippen molar-refractivity contribution in [3.63, 3.8) is 0 Å². The van der Waals surface area contributed by atoms with Crippen LogP contribution in [0.5, 0.6) is 0 Å². The van der Waals surface area contributed by atoms with E-state index in [0.717, 1.165) is 4.47 Å². The number of anilines is 1. The Hall–Kier alpha value is -2.49. The molecule has 202 valence electrons. The fourth-order valence-corrected chi connectivity index (χ4v) is 5.98. The van der Waals surface area contributed by atoms with Crippen molar-refractivity contribution in [1.82, 2.24) is 10.3 Å². The van der Waals surface area contributed by atoms with Gasteiger partial charge in [-0.3, -0.25) is 9.59 Å². The van der Waals surface area contributed by atoms with E-state index in [4.69, 9.17) is 23.2 Å². The Balaban J connectivity index is 1.71. The number of hydrogen-bond acceptors (Lipinski definition) is 4. The van der Waals surface area contributed by atoms with Crippen LogP contribution in [0, 0.1) is 6.92 Å². The van der Waals surface area contributed by atoms with Gasteiger partial charge in [0.25, 0.3) is 11.8 Å². The number of carboxylic acid groups (broad SMARTS) is 1. The fourth-order valence-electron chi connectivity index (χ4n) is 4.92. The van der Waals surface area contributed by atoms with Crippen molar-refractivity contribution >= 4 is 67.7 Å². The lowest BCUT2D eigenvalue weighted by Gasteiger charge is -2.34. The summed E-state index contributed by atoms with van der Waals surface area (Å²) < 4.78 is 29.2. The summed E-state index contributed by atoms with van der Waals surface area (Å²) in [6.45, 7) is 1.72. The second kappa shape index (κ2) is 11.7. The van der Waals surface area contributed by atoms with Crippen LogP contribution in [-0.2, 0) is 4.79 Å². The summed E-state index contributed by atoms with van der Waals surface area (Å²) in [5.41, 5.74) is 1.88. The van der Waals surface area contributed by atoms with E-state index in [1.54, 1.807) is 43.3 Å². The minimum Gasteiger partial charge on any atom is -0.481 e. The number of carbonyl (C=O) groups is 2. The molecule has 2 aromatic carbocycles. The number of fused-ring (bicyclic) bond motifs is 1. The molecule has 3 aromatic rings. The third-order valence-electron chi connectivity index (χ3n) is 6.71. The van der Waals surface area contributed by atoms with E-state index in [0.29, 0.717) is 56.4 Å². The molecule has 11 heteroatoms. The second-order valence-electron chi connectivity index (χ2n) is 9.45. The van der Waals surface area contributed by atoms with E-state index in [-0.39, 0.29) is 25.8 Å². The first-order valence-electron chi connectivity index (χ1n) is 12.1. The van der Waals surface area contributed by atoms with Crippen LogP contribution in [-0.4, -0.2) is 47.5 Å². The number of nitrogens with zero attached hydrogens (tertiary/aromatic N) is 2. The van der Waals surface area contributed by atoms with Crippen LogP contribution >= 0.6 is 39.1 Å². The van der Waals surface area contributed by atoms with Crippen LogP contribution in [0.1, 0.15) is 53.1 Å². The molecule has 6 nitrogen and oxygen atoms in total. The molecule has 0 radical (unpaired) electrons. The van der Waals surface area contributed by atoms with Gasteiger partial charge in [-0.25, -0.2) is 13.8 Å². The number of carboxylic acids is 1. The standard InChI is InChI=1S/C27H26BrCl2F2N3O3/c1-15-23(26(38)33-13-16(6-9-22(36)37)24-19(29)4-2-5-20(24)30)18-12-17(28)7-8-21(18)34-25(15)35-11-3-10-27(31,32)14-35/h2,4-5,7-8,12,16H,3,6,9-11,13-14H2,1H3,(H,33,38)(H,36,37). The van der Waals surface area contributed by atoms with Gasteiger partial charge in [-0.05, 0) is 55.7 Å². The Kier molecular flexibility index (Phi) is 8.79. The van der Waals surface area contributed by atoms with E-state index in [1.807, 2.05) is 0 Å². The number of alkyl halides is 2. The van der Waals surface area contributed by atoms with Crippen LogP contribution in [0.15, 0.2) is 40.9 Å². The molecule has 4 rings (SSSR count). The molecule has 1 aliphatic rings. The number of benzene rings is 2. The Labute approximate surface area is 237 Å². The maximum Gasteiger partial charge on any atom is 0.303 e. The number of piperidine rings is 1. The number of halogens is 5. The van der Waals surface area contributed by atoms with Crippen LogP contribution in [0.2, 0.25) is 10.0 Å². The summed E-state index contributed by atoms with van der Waals surface area (Å²) in [5.74, 6) is -4.36. The molecule has 0 saturated carbocycles. The molecule has 1 atom stereocenters. The molecular formula is C27H26BrCl2F2N3O3. The largest absolute Gasteiger partial charge is 0.481 e. The van der Waals surface area contributed by atoms with Crippen molar-refractivity contribution in [1.29, 1.82) is 0 Å². The van der Waals surface area contributed by atoms with Gasteiger partial charge >= 0.3 is 5.97 Å². The number of nitrogens with one attached hydrogen (secondary N) is 1. The summed E-state index contributed by atoms with van der Waals surface area (Å²) in [5, 5.41) is 13.5. The number of pyridine rings is 1. The zero-order chi connectivity index (χ0) is 27.6. The van der Waals surface area contributed by atoms with E-state index in [9.17, 15) is 23.5 Å². The molecule has 1 unspecified atom stereocenters. The second-order valence-corrected chi connectivity index (χ2v) is 11.2. The quantitative estimate of drug-likeness (QED) is 0.275. The van der Waals surface area contributed by atoms with Crippen molar-refractivity contribution < 1.29 is 23.5 Å². The number of aliphatic carboxylic acids is 1. The van der Waals surface area contributed by atoms with Crippen molar-refractivity contribution in [2.45, 2.75) is 44.4 Å². The van der Waals surface area contributed by atoms with E-state index < -0.39 is 30.3 Å². The Morgan fingerprint density at radius 3 is 2.61 bits per heavy atom. The number of carbonyl (C=O) groups excluding carboxylic acids is 1. The molecule has 2 heterocycles. The average molecular weight is 629 g/mol. The van der Waals surface area contributed by atoms with E-state index in [1.165, 1.54) is 4.90 Å². The first-order valence-corrected chi connectivity index (χ1v) is 13.7. The zero-order valence-electron chi connectivity index (χ0n) is 20.5. The van der Waals surface area contributed by atoms with Crippen molar-refractivity contribution in [2.24, 2.45) is 0 Å². The fraction of sp³-hybridized carbons (Fsp3) is 0.370. The van der Waals surface area contributed by atoms with Gasteiger partial charge in [0.05, 0.1) is 17.6 Å². The highest BCUT2D eigenvalue weighted by atomic mass is 79.9. The molecule has 0 bridgehead atoms. The molecule has 0 spiro atoms. The molecule has 1 amide bonds. The first-order chi connectivity index (χ1) is 18.0. The highest BCUT2D eigenvalue weighted by Gasteiger charge is 2.37. The van der Waals surface area contributed by atoms with Gasteiger partial charge in [0.1, 0.15) is 5.82 Å². The van der Waals surface area contributed by atoms with E-state index >= 15 is 0 Å². The summed E-state index contributed by atoms with van der Waals surface area (Å²) in [6, 6.07) is 10.3. The normalized spacial score (nSPS) is 15.9. The molecule has 38 heavy (non-hydrogen) atoms. The molecule has 1 saturated heterocycles. The summed E-state index contributed by atoms with van der Waals surface area (Å²) in [7, 11) is 0. The van der Waals surface area contributed by atoms with Crippen LogP contribution < -0.4 is 10.2 Å². The monoisotopic (exact) mass is 627 g/mol. The first kappa shape index (κ1) is 28.5. The molecule has 1 aromatic heterocycles. The molecule has 2 N–H and O–H groups in total. The van der Waals surface area contributed by atoms with E-state index in [2.05, 4.69) is 26.2 Å². The lowest BCUT2D eigenvalue weighted by molar-refractivity contribution is -0.137. The molecule has 1 aliphatic heterocycles. The van der Waals surface area contributed by atoms with Gasteiger partial charge in [-0.2, -0.15) is 0 Å². The van der Waals surface area contributed by atoms with Gasteiger partial charge < -0.3 is 15.3 Å². The summed E-state index contributed by atoms with van der Waals surface area (Å²) in [4.78, 5) is 31.2. The molecule has 1 fully saturated rings. The van der Waals surface area contributed by atoms with Crippen LogP contribution in [0.25, 0.3) is 10.9 Å². The highest BCUT2D eigenvalue weighted by Crippen LogP contribution is 2.36. The summed E-state index contributed by atoms with van der Waals surface area (Å²) in [6.07, 6.45) is 0.199. The minimum atomic E-state index is -2.84. The van der Waals surface area contributed by atoms with Crippen molar-refractivity contribution in [2.75, 3.05) is 24.5 Å². The Bertz CT molecular complexity index is 1370. The zero-order valence-corrected chi connectivity index (χ0v) is 23.6. The number of amides is 1. The Morgan fingerprint density at radius 2 is 1.95 bits per heavy atom. The van der Waals surface area contributed by atoms with Gasteiger partial charge in [-0.1, -0.05) is 45.2 Å². The maximum absolute atomic E-state index is 14.2. The highest BCUT2D eigenvalue weighted by molar-refractivity contribution is 9.10. The van der Waals surface area contributed by atoms with Gasteiger partial charge in [0, 0.05) is 57.3 Å². The van der Waals surface area contributed by atoms with Gasteiger partial charge in [0.2, 0.25) is 0 Å². The number of rotatable bonds is 8. The number of hydrogen-bond donors (Lipinski definition) is 2. The third-order valence-corrected chi connectivity index (χ3v) is 7.86. The van der Waals surface area contributed by atoms with Crippen molar-refractivity contribution in [3.8, 4) is 0 Å². The predicted octanol–water partition coefficient (Wildman–Crippen LogP) is 7.23. The maximum atomic E-state index is 14.2.